The van der Waals surface area contributed by atoms with Crippen LogP contribution in [0.3, 0.4) is 0 Å². The van der Waals surface area contributed by atoms with Gasteiger partial charge in [-0.2, -0.15) is 0 Å². The lowest BCUT2D eigenvalue weighted by atomic mass is 10.1. The molecule has 0 aliphatic rings. The van der Waals surface area contributed by atoms with Crippen molar-refractivity contribution < 1.29 is 14.3 Å². The summed E-state index contributed by atoms with van der Waals surface area (Å²) in [5, 5.41) is 3.21. The Morgan fingerprint density at radius 2 is 1.68 bits per heavy atom. The Hall–Kier alpha value is -1.68. The van der Waals surface area contributed by atoms with Gasteiger partial charge in [0.1, 0.15) is 0 Å². The van der Waals surface area contributed by atoms with Crippen molar-refractivity contribution in [2.24, 2.45) is 0 Å². The molecule has 19 heavy (non-hydrogen) atoms. The van der Waals surface area contributed by atoms with Crippen LogP contribution in [0.1, 0.15) is 36.0 Å². The van der Waals surface area contributed by atoms with E-state index in [2.05, 4.69) is 10.1 Å². The lowest BCUT2D eigenvalue weighted by molar-refractivity contribution is -0.140. The number of benzene rings is 1. The molecule has 0 spiro atoms. The summed E-state index contributed by atoms with van der Waals surface area (Å²) >= 11 is 0. The zero-order valence-corrected chi connectivity index (χ0v) is 11.4. The topological polar surface area (TPSA) is 55.4 Å². The molecule has 104 valence electrons. The van der Waals surface area contributed by atoms with Gasteiger partial charge >= 0.3 is 5.97 Å². The van der Waals surface area contributed by atoms with Crippen molar-refractivity contribution in [3.63, 3.8) is 0 Å². The predicted molar refractivity (Wildman–Crippen MR) is 74.1 cm³/mol. The third-order valence-electron chi connectivity index (χ3n) is 2.82. The fraction of sp³-hybridized carbons (Fsp3) is 0.467. The molecule has 0 atom stereocenters. The first-order chi connectivity index (χ1) is 9.24. The van der Waals surface area contributed by atoms with Crippen LogP contribution in [-0.2, 0) is 9.53 Å². The van der Waals surface area contributed by atoms with Gasteiger partial charge in [-0.05, 0) is 25.9 Å². The summed E-state index contributed by atoms with van der Waals surface area (Å²) in [4.78, 5) is 22.6. The van der Waals surface area contributed by atoms with Gasteiger partial charge in [0.25, 0.3) is 0 Å². The van der Waals surface area contributed by atoms with Crippen molar-refractivity contribution in [1.82, 2.24) is 5.32 Å². The second-order valence-electron chi connectivity index (χ2n) is 4.32. The van der Waals surface area contributed by atoms with E-state index in [0.29, 0.717) is 12.8 Å². The molecule has 0 aliphatic heterocycles. The van der Waals surface area contributed by atoms with Crippen molar-refractivity contribution in [2.45, 2.75) is 25.7 Å². The molecule has 0 aliphatic carbocycles. The number of ether oxygens (including phenoxy) is 1. The summed E-state index contributed by atoms with van der Waals surface area (Å²) < 4.78 is 4.55. The number of rotatable bonds is 9. The van der Waals surface area contributed by atoms with Crippen LogP contribution in [0.4, 0.5) is 0 Å². The van der Waals surface area contributed by atoms with E-state index >= 15 is 0 Å². The van der Waals surface area contributed by atoms with Crippen LogP contribution in [0.15, 0.2) is 30.3 Å². The van der Waals surface area contributed by atoms with Gasteiger partial charge in [0.2, 0.25) is 0 Å². The average Bonchev–Trinajstić information content (AvgIpc) is 2.46. The maximum atomic E-state index is 11.8. The number of hydrogen-bond donors (Lipinski definition) is 1. The van der Waals surface area contributed by atoms with E-state index in [4.69, 9.17) is 0 Å². The van der Waals surface area contributed by atoms with Crippen LogP contribution in [-0.4, -0.2) is 32.0 Å². The summed E-state index contributed by atoms with van der Waals surface area (Å²) in [6, 6.07) is 9.33. The first-order valence-corrected chi connectivity index (χ1v) is 6.60. The smallest absolute Gasteiger partial charge is 0.305 e. The van der Waals surface area contributed by atoms with Crippen molar-refractivity contribution in [3.05, 3.63) is 35.9 Å². The Morgan fingerprint density at radius 1 is 1.05 bits per heavy atom. The quantitative estimate of drug-likeness (QED) is 0.421. The number of carbonyl (C=O) groups is 2. The number of ketones is 1. The lowest BCUT2D eigenvalue weighted by Gasteiger charge is -2.04. The summed E-state index contributed by atoms with van der Waals surface area (Å²) in [5.41, 5.74) is 0.771. The second kappa shape index (κ2) is 9.28. The minimum atomic E-state index is -0.180. The molecule has 4 heteroatoms. The summed E-state index contributed by atoms with van der Waals surface area (Å²) in [7, 11) is 1.39. The van der Waals surface area contributed by atoms with Crippen LogP contribution < -0.4 is 5.32 Å². The molecule has 0 saturated carbocycles. The van der Waals surface area contributed by atoms with E-state index in [1.165, 1.54) is 7.11 Å². The molecule has 1 N–H and O–H groups in total. The molecule has 1 aromatic rings. The number of nitrogens with one attached hydrogen (secondary N) is 1. The fourth-order valence-corrected chi connectivity index (χ4v) is 1.73. The minimum Gasteiger partial charge on any atom is -0.469 e. The van der Waals surface area contributed by atoms with E-state index in [-0.39, 0.29) is 11.8 Å². The van der Waals surface area contributed by atoms with Gasteiger partial charge in [0.05, 0.1) is 7.11 Å². The highest BCUT2D eigenvalue weighted by molar-refractivity contribution is 5.95. The monoisotopic (exact) mass is 263 g/mol. The van der Waals surface area contributed by atoms with Crippen molar-refractivity contribution in [2.75, 3.05) is 20.2 Å². The van der Waals surface area contributed by atoms with E-state index < -0.39 is 0 Å². The second-order valence-corrected chi connectivity index (χ2v) is 4.32. The highest BCUT2D eigenvalue weighted by Gasteiger charge is 2.04. The molecule has 4 nitrogen and oxygen atoms in total. The highest BCUT2D eigenvalue weighted by atomic mass is 16.5. The normalized spacial score (nSPS) is 10.2. The molecule has 0 bridgehead atoms. The molecule has 0 fully saturated rings. The van der Waals surface area contributed by atoms with Gasteiger partial charge in [-0.3, -0.25) is 9.59 Å². The largest absolute Gasteiger partial charge is 0.469 e. The maximum Gasteiger partial charge on any atom is 0.305 e. The molecule has 0 amide bonds. The fourth-order valence-electron chi connectivity index (χ4n) is 1.73. The van der Waals surface area contributed by atoms with E-state index in [1.54, 1.807) is 0 Å². The van der Waals surface area contributed by atoms with Crippen LogP contribution in [0.2, 0.25) is 0 Å². The van der Waals surface area contributed by atoms with Gasteiger partial charge in [0, 0.05) is 18.4 Å². The molecular formula is C15H21NO3. The van der Waals surface area contributed by atoms with Crippen molar-refractivity contribution in [3.8, 4) is 0 Å². The third kappa shape index (κ3) is 6.72. The third-order valence-corrected chi connectivity index (χ3v) is 2.82. The SMILES string of the molecule is COC(=O)CCCNCCCC(=O)c1ccccc1. The van der Waals surface area contributed by atoms with Gasteiger partial charge in [-0.1, -0.05) is 30.3 Å². The standard InChI is InChI=1S/C15H21NO3/c1-19-15(18)10-6-12-16-11-5-9-14(17)13-7-3-2-4-8-13/h2-4,7-8,16H,5-6,9-12H2,1H3. The number of hydrogen-bond acceptors (Lipinski definition) is 4. The van der Waals surface area contributed by atoms with Crippen molar-refractivity contribution in [1.29, 1.82) is 0 Å². The number of methoxy groups -OCH3 is 1. The molecule has 0 aromatic heterocycles. The van der Waals surface area contributed by atoms with Gasteiger partial charge < -0.3 is 10.1 Å². The Balaban J connectivity index is 2.02. The summed E-state index contributed by atoms with van der Waals surface area (Å²) in [5.74, 6) is -0.00184. The Labute approximate surface area is 114 Å². The summed E-state index contributed by atoms with van der Waals surface area (Å²) in [6.07, 6.45) is 2.56. The van der Waals surface area contributed by atoms with Crippen LogP contribution in [0, 0.1) is 0 Å². The molecule has 1 aromatic carbocycles. The molecule has 1 rings (SSSR count). The number of carbonyl (C=O) groups excluding carboxylic acids is 2. The van der Waals surface area contributed by atoms with Crippen LogP contribution in [0.5, 0.6) is 0 Å². The van der Waals surface area contributed by atoms with Gasteiger partial charge in [-0.25, -0.2) is 0 Å². The number of esters is 1. The zero-order valence-electron chi connectivity index (χ0n) is 11.4. The molecular weight excluding hydrogens is 242 g/mol. The molecule has 0 saturated heterocycles. The van der Waals surface area contributed by atoms with Gasteiger partial charge in [0.15, 0.2) is 5.78 Å². The predicted octanol–water partition coefficient (Wildman–Crippen LogP) is 2.19. The Bertz CT molecular complexity index is 390. The Kier molecular flexibility index (Phi) is 7.51. The molecule has 0 unspecified atom stereocenters. The van der Waals surface area contributed by atoms with Crippen LogP contribution in [0.25, 0.3) is 0 Å². The Morgan fingerprint density at radius 3 is 2.32 bits per heavy atom. The van der Waals surface area contributed by atoms with E-state index in [9.17, 15) is 9.59 Å². The van der Waals surface area contributed by atoms with Crippen molar-refractivity contribution >= 4 is 11.8 Å². The van der Waals surface area contributed by atoms with Gasteiger partial charge in [-0.15, -0.1) is 0 Å². The average molecular weight is 263 g/mol. The first-order valence-electron chi connectivity index (χ1n) is 6.60. The molecule has 0 heterocycles. The zero-order chi connectivity index (χ0) is 13.9. The highest BCUT2D eigenvalue weighted by Crippen LogP contribution is 2.04. The summed E-state index contributed by atoms with van der Waals surface area (Å²) in [6.45, 7) is 1.56. The van der Waals surface area contributed by atoms with Crippen LogP contribution >= 0.6 is 0 Å². The maximum absolute atomic E-state index is 11.8. The minimum absolute atomic E-state index is 0.178. The van der Waals surface area contributed by atoms with E-state index in [0.717, 1.165) is 31.5 Å². The number of Topliss-reactive ketones (excluding diaryl/α,β-unsaturated/α-hetero) is 1. The molecule has 0 radical (unpaired) electrons. The first kappa shape index (κ1) is 15.4. The lowest BCUT2D eigenvalue weighted by Crippen LogP contribution is -2.18. The van der Waals surface area contributed by atoms with E-state index in [1.807, 2.05) is 30.3 Å².